The number of furan rings is 1. The second-order valence-corrected chi connectivity index (χ2v) is 8.87. The highest BCUT2D eigenvalue weighted by atomic mass is 32.2. The van der Waals surface area contributed by atoms with Gasteiger partial charge in [-0.3, -0.25) is 4.57 Å². The number of benzene rings is 2. The Bertz CT molecular complexity index is 1450. The molecule has 0 fully saturated rings. The van der Waals surface area contributed by atoms with Gasteiger partial charge in [-0.05, 0) is 37.1 Å². The summed E-state index contributed by atoms with van der Waals surface area (Å²) in [5.41, 5.74) is 10.0. The van der Waals surface area contributed by atoms with Crippen molar-refractivity contribution in [2.45, 2.75) is 31.3 Å². The van der Waals surface area contributed by atoms with Gasteiger partial charge in [0.1, 0.15) is 11.6 Å². The maximum absolute atomic E-state index is 5.98. The van der Waals surface area contributed by atoms with E-state index in [2.05, 4.69) is 47.2 Å². The molecule has 3 aromatic heterocycles. The molecule has 3 N–H and O–H groups in total. The summed E-state index contributed by atoms with van der Waals surface area (Å²) in [5, 5.41) is 12.9. The van der Waals surface area contributed by atoms with Crippen LogP contribution in [0.5, 0.6) is 0 Å². The molecule has 35 heavy (non-hydrogen) atoms. The molecule has 0 atom stereocenters. The number of hydrogen-bond donors (Lipinski definition) is 2. The first kappa shape index (κ1) is 22.6. The van der Waals surface area contributed by atoms with E-state index in [1.54, 1.807) is 6.26 Å². The van der Waals surface area contributed by atoms with Gasteiger partial charge in [-0.2, -0.15) is 15.0 Å². The van der Waals surface area contributed by atoms with Gasteiger partial charge in [-0.1, -0.05) is 60.3 Å². The molecule has 0 spiro atoms. The van der Waals surface area contributed by atoms with Crippen LogP contribution in [0.25, 0.3) is 11.4 Å². The Hall–Kier alpha value is -4.18. The fourth-order valence-electron chi connectivity index (χ4n) is 3.64. The average molecular weight is 485 g/mol. The molecule has 10 heteroatoms. The van der Waals surface area contributed by atoms with Crippen molar-refractivity contribution in [1.29, 1.82) is 0 Å². The Morgan fingerprint density at radius 2 is 1.74 bits per heavy atom. The molecule has 0 aliphatic carbocycles. The fourth-order valence-corrected chi connectivity index (χ4v) is 4.43. The van der Waals surface area contributed by atoms with E-state index < -0.39 is 0 Å². The molecule has 5 aromatic rings. The van der Waals surface area contributed by atoms with Crippen molar-refractivity contribution in [3.63, 3.8) is 0 Å². The van der Waals surface area contributed by atoms with Gasteiger partial charge in [-0.25, -0.2) is 0 Å². The lowest BCUT2D eigenvalue weighted by molar-refractivity contribution is 0.534. The van der Waals surface area contributed by atoms with Crippen LogP contribution in [-0.2, 0) is 12.3 Å². The highest BCUT2D eigenvalue weighted by Gasteiger charge is 2.18. The third kappa shape index (κ3) is 5.17. The van der Waals surface area contributed by atoms with Gasteiger partial charge in [-0.15, -0.1) is 10.2 Å². The van der Waals surface area contributed by atoms with Crippen LogP contribution in [-0.4, -0.2) is 29.7 Å². The van der Waals surface area contributed by atoms with Crippen molar-refractivity contribution in [2.75, 3.05) is 11.1 Å². The van der Waals surface area contributed by atoms with Crippen molar-refractivity contribution < 1.29 is 4.42 Å². The van der Waals surface area contributed by atoms with Crippen molar-refractivity contribution in [3.8, 4) is 11.4 Å². The number of aryl methyl sites for hydroxylation is 2. The summed E-state index contributed by atoms with van der Waals surface area (Å²) >= 11 is 1.49. The van der Waals surface area contributed by atoms with Crippen LogP contribution in [0.3, 0.4) is 0 Å². The van der Waals surface area contributed by atoms with E-state index in [0.717, 1.165) is 39.1 Å². The summed E-state index contributed by atoms with van der Waals surface area (Å²) in [6.07, 6.45) is 1.66. The van der Waals surface area contributed by atoms with E-state index in [4.69, 9.17) is 10.2 Å². The number of nitrogens with one attached hydrogen (secondary N) is 1. The van der Waals surface area contributed by atoms with Crippen molar-refractivity contribution >= 4 is 29.3 Å². The van der Waals surface area contributed by atoms with E-state index in [0.29, 0.717) is 24.1 Å². The number of anilines is 3. The number of nitrogens with zero attached hydrogens (tertiary/aromatic N) is 6. The zero-order chi connectivity index (χ0) is 24.2. The molecule has 0 saturated heterocycles. The Balaban J connectivity index is 1.41. The van der Waals surface area contributed by atoms with Crippen LogP contribution >= 0.6 is 11.8 Å². The van der Waals surface area contributed by atoms with Gasteiger partial charge in [0.15, 0.2) is 11.0 Å². The normalized spacial score (nSPS) is 11.0. The Morgan fingerprint density at radius 3 is 2.51 bits per heavy atom. The average Bonchev–Trinajstić information content (AvgIpc) is 3.45. The minimum Gasteiger partial charge on any atom is -0.469 e. The standard InChI is InChI=1S/C25H24N8OS/c1-16-8-6-7-11-20(16)27-24-29-21(28-23(26)30-24)15-35-25-32-31-22(19-12-13-34-17(19)2)33(25)14-18-9-4-3-5-10-18/h3-13H,14-15H2,1-2H3,(H3,26,27,28,29,30). The maximum atomic E-state index is 5.98. The summed E-state index contributed by atoms with van der Waals surface area (Å²) in [6, 6.07) is 20.0. The smallest absolute Gasteiger partial charge is 0.232 e. The molecule has 3 heterocycles. The summed E-state index contributed by atoms with van der Waals surface area (Å²) in [4.78, 5) is 13.1. The van der Waals surface area contributed by atoms with Crippen LogP contribution in [0.4, 0.5) is 17.6 Å². The topological polar surface area (TPSA) is 121 Å². The number of thioether (sulfide) groups is 1. The van der Waals surface area contributed by atoms with Crippen molar-refractivity contribution in [3.05, 3.63) is 89.6 Å². The third-order valence-corrected chi connectivity index (χ3v) is 6.38. The molecule has 0 radical (unpaired) electrons. The highest BCUT2D eigenvalue weighted by Crippen LogP contribution is 2.29. The van der Waals surface area contributed by atoms with Gasteiger partial charge in [0.25, 0.3) is 0 Å². The Morgan fingerprint density at radius 1 is 0.943 bits per heavy atom. The molecule has 0 aliphatic rings. The summed E-state index contributed by atoms with van der Waals surface area (Å²) in [7, 11) is 0. The second-order valence-electron chi connectivity index (χ2n) is 7.93. The lowest BCUT2D eigenvalue weighted by atomic mass is 10.2. The monoisotopic (exact) mass is 484 g/mol. The van der Waals surface area contributed by atoms with E-state index in [1.165, 1.54) is 11.8 Å². The van der Waals surface area contributed by atoms with Crippen molar-refractivity contribution in [1.82, 2.24) is 29.7 Å². The van der Waals surface area contributed by atoms with Crippen LogP contribution in [0.2, 0.25) is 0 Å². The quantitative estimate of drug-likeness (QED) is 0.293. The summed E-state index contributed by atoms with van der Waals surface area (Å²) < 4.78 is 7.59. The molecule has 0 bridgehead atoms. The van der Waals surface area contributed by atoms with Gasteiger partial charge >= 0.3 is 0 Å². The maximum Gasteiger partial charge on any atom is 0.232 e. The number of nitrogen functional groups attached to an aromatic ring is 1. The number of aromatic nitrogens is 6. The SMILES string of the molecule is Cc1ccccc1Nc1nc(N)nc(CSc2nnc(-c3ccoc3C)n2Cc2ccccc2)n1. The van der Waals surface area contributed by atoms with Gasteiger partial charge in [0, 0.05) is 5.69 Å². The number of para-hydroxylation sites is 1. The van der Waals surface area contributed by atoms with Crippen LogP contribution < -0.4 is 11.1 Å². The highest BCUT2D eigenvalue weighted by molar-refractivity contribution is 7.98. The first-order valence-electron chi connectivity index (χ1n) is 11.0. The zero-order valence-corrected chi connectivity index (χ0v) is 20.2. The molecular formula is C25H24N8OS. The third-order valence-electron chi connectivity index (χ3n) is 5.42. The molecule has 0 saturated carbocycles. The first-order chi connectivity index (χ1) is 17.1. The van der Waals surface area contributed by atoms with Gasteiger partial charge in [0.05, 0.1) is 24.1 Å². The lowest BCUT2D eigenvalue weighted by Gasteiger charge is -2.11. The molecule has 9 nitrogen and oxygen atoms in total. The van der Waals surface area contributed by atoms with Crippen LogP contribution in [0, 0.1) is 13.8 Å². The van der Waals surface area contributed by atoms with Crippen LogP contribution in [0.15, 0.2) is 76.5 Å². The Labute approximate surface area is 206 Å². The fraction of sp³-hybridized carbons (Fsp3) is 0.160. The molecule has 0 amide bonds. The van der Waals surface area contributed by atoms with Gasteiger partial charge < -0.3 is 15.5 Å². The molecule has 5 rings (SSSR count). The van der Waals surface area contributed by atoms with E-state index in [-0.39, 0.29) is 5.95 Å². The number of hydrogen-bond acceptors (Lipinski definition) is 9. The predicted molar refractivity (Wildman–Crippen MR) is 136 cm³/mol. The minimum absolute atomic E-state index is 0.159. The molecule has 2 aromatic carbocycles. The van der Waals surface area contributed by atoms with Crippen molar-refractivity contribution in [2.24, 2.45) is 0 Å². The van der Waals surface area contributed by atoms with E-state index in [1.807, 2.05) is 62.4 Å². The predicted octanol–water partition coefficient (Wildman–Crippen LogP) is 5.01. The second kappa shape index (κ2) is 9.98. The molecule has 0 unspecified atom stereocenters. The zero-order valence-electron chi connectivity index (χ0n) is 19.3. The molecule has 0 aliphatic heterocycles. The lowest BCUT2D eigenvalue weighted by Crippen LogP contribution is -2.08. The largest absolute Gasteiger partial charge is 0.469 e. The van der Waals surface area contributed by atoms with Crippen LogP contribution in [0.1, 0.15) is 22.7 Å². The minimum atomic E-state index is 0.159. The molecule has 176 valence electrons. The van der Waals surface area contributed by atoms with Gasteiger partial charge in [0.2, 0.25) is 11.9 Å². The number of rotatable bonds is 8. The molecular weight excluding hydrogens is 460 g/mol. The summed E-state index contributed by atoms with van der Waals surface area (Å²) in [5.74, 6) is 3.11. The first-order valence-corrected chi connectivity index (χ1v) is 12.0. The Kier molecular flexibility index (Phi) is 6.44. The van der Waals surface area contributed by atoms with E-state index in [9.17, 15) is 0 Å². The number of nitrogens with two attached hydrogens (primary N) is 1. The van der Waals surface area contributed by atoms with E-state index >= 15 is 0 Å². The summed E-state index contributed by atoms with van der Waals surface area (Å²) in [6.45, 7) is 4.55.